The number of benzene rings is 1. The van der Waals surface area contributed by atoms with Crippen LogP contribution in [-0.2, 0) is 10.3 Å². The summed E-state index contributed by atoms with van der Waals surface area (Å²) < 4.78 is 0. The van der Waals surface area contributed by atoms with Crippen molar-refractivity contribution in [1.82, 2.24) is 5.32 Å². The third kappa shape index (κ3) is 4.48. The Morgan fingerprint density at radius 1 is 1.38 bits per heavy atom. The second-order valence-corrected chi connectivity index (χ2v) is 7.36. The average Bonchev–Trinajstić information content (AvgIpc) is 3.26. The molecule has 0 aliphatic heterocycles. The molecule has 0 aromatic heterocycles. The first-order valence-corrected chi connectivity index (χ1v) is 8.84. The van der Waals surface area contributed by atoms with Crippen LogP contribution < -0.4 is 5.32 Å². The molecule has 1 unspecified atom stereocenters. The fraction of sp³-hybridized carbons (Fsp3) is 0.588. The first kappa shape index (κ1) is 16.4. The molecule has 0 bridgehead atoms. The molecule has 116 valence electrons. The van der Waals surface area contributed by atoms with Crippen LogP contribution in [0.2, 0.25) is 0 Å². The van der Waals surface area contributed by atoms with E-state index >= 15 is 0 Å². The zero-order valence-electron chi connectivity index (χ0n) is 12.8. The minimum absolute atomic E-state index is 0.358. The minimum Gasteiger partial charge on any atom is -0.480 e. The minimum atomic E-state index is -0.938. The fourth-order valence-corrected chi connectivity index (χ4v) is 3.52. The molecule has 1 atom stereocenters. The lowest BCUT2D eigenvalue weighted by Gasteiger charge is -2.31. The predicted octanol–water partition coefficient (Wildman–Crippen LogP) is 3.50. The van der Waals surface area contributed by atoms with Gasteiger partial charge in [0.05, 0.1) is 0 Å². The van der Waals surface area contributed by atoms with Gasteiger partial charge in [-0.2, -0.15) is 11.8 Å². The van der Waals surface area contributed by atoms with Gasteiger partial charge in [-0.25, -0.2) is 4.79 Å². The van der Waals surface area contributed by atoms with Crippen LogP contribution in [0.4, 0.5) is 0 Å². The van der Waals surface area contributed by atoms with Crippen LogP contribution in [0.15, 0.2) is 30.3 Å². The Hall–Kier alpha value is -1.00. The first-order chi connectivity index (χ1) is 10.0. The van der Waals surface area contributed by atoms with E-state index in [2.05, 4.69) is 19.2 Å². The summed E-state index contributed by atoms with van der Waals surface area (Å²) in [4.78, 5) is 12.0. The molecule has 0 heterocycles. The van der Waals surface area contributed by atoms with Crippen molar-refractivity contribution in [2.75, 3.05) is 11.5 Å². The monoisotopic (exact) mass is 307 g/mol. The fourth-order valence-electron chi connectivity index (χ4n) is 2.44. The largest absolute Gasteiger partial charge is 0.480 e. The predicted molar refractivity (Wildman–Crippen MR) is 88.7 cm³/mol. The Kier molecular flexibility index (Phi) is 5.71. The second-order valence-electron chi connectivity index (χ2n) is 6.21. The van der Waals surface area contributed by atoms with Gasteiger partial charge >= 0.3 is 5.97 Å². The Labute approximate surface area is 131 Å². The van der Waals surface area contributed by atoms with Gasteiger partial charge in [0.15, 0.2) is 0 Å². The highest BCUT2D eigenvalue weighted by Gasteiger charge is 2.43. The van der Waals surface area contributed by atoms with Crippen molar-refractivity contribution in [3.05, 3.63) is 35.9 Å². The van der Waals surface area contributed by atoms with Gasteiger partial charge in [0.25, 0.3) is 0 Å². The molecule has 21 heavy (non-hydrogen) atoms. The van der Waals surface area contributed by atoms with Gasteiger partial charge in [-0.3, -0.25) is 5.32 Å². The maximum Gasteiger partial charge on any atom is 0.328 e. The number of carboxylic acids is 1. The third-order valence-corrected chi connectivity index (χ3v) is 5.13. The average molecular weight is 307 g/mol. The maximum absolute atomic E-state index is 12.0. The van der Waals surface area contributed by atoms with Crippen LogP contribution in [0.5, 0.6) is 0 Å². The molecule has 0 amide bonds. The molecular weight excluding hydrogens is 282 g/mol. The van der Waals surface area contributed by atoms with E-state index in [9.17, 15) is 9.90 Å². The topological polar surface area (TPSA) is 49.3 Å². The lowest BCUT2D eigenvalue weighted by Crippen LogP contribution is -2.50. The van der Waals surface area contributed by atoms with Crippen molar-refractivity contribution in [3.63, 3.8) is 0 Å². The molecule has 4 heteroatoms. The molecule has 1 fully saturated rings. The number of carboxylic acid groups (broad SMARTS) is 1. The highest BCUT2D eigenvalue weighted by molar-refractivity contribution is 7.99. The van der Waals surface area contributed by atoms with Crippen LogP contribution in [-0.4, -0.2) is 28.6 Å². The Balaban J connectivity index is 2.13. The van der Waals surface area contributed by atoms with Gasteiger partial charge in [0.2, 0.25) is 0 Å². The number of carbonyl (C=O) groups is 1. The molecule has 1 aliphatic carbocycles. The van der Waals surface area contributed by atoms with E-state index in [0.717, 1.165) is 29.9 Å². The SMILES string of the molecule is CC(C)CSCCC(NC1CC1)(C(=O)O)c1ccccc1. The van der Waals surface area contributed by atoms with Gasteiger partial charge in [-0.05, 0) is 42.2 Å². The van der Waals surface area contributed by atoms with E-state index in [1.54, 1.807) is 0 Å². The van der Waals surface area contributed by atoms with E-state index in [1.807, 2.05) is 42.1 Å². The number of rotatable bonds is 9. The summed E-state index contributed by atoms with van der Waals surface area (Å²) in [6.07, 6.45) is 2.79. The zero-order chi connectivity index (χ0) is 15.3. The van der Waals surface area contributed by atoms with E-state index in [4.69, 9.17) is 0 Å². The quantitative estimate of drug-likeness (QED) is 0.686. The molecule has 1 aromatic rings. The van der Waals surface area contributed by atoms with Crippen LogP contribution in [0, 0.1) is 5.92 Å². The van der Waals surface area contributed by atoms with Gasteiger partial charge < -0.3 is 5.11 Å². The molecule has 1 aliphatic rings. The summed E-state index contributed by atoms with van der Waals surface area (Å²) in [7, 11) is 0. The number of hydrogen-bond acceptors (Lipinski definition) is 3. The van der Waals surface area contributed by atoms with Crippen LogP contribution in [0.3, 0.4) is 0 Å². The lowest BCUT2D eigenvalue weighted by atomic mass is 9.87. The van der Waals surface area contributed by atoms with Crippen molar-refractivity contribution in [2.45, 2.75) is 44.7 Å². The summed E-state index contributed by atoms with van der Waals surface area (Å²) >= 11 is 1.84. The van der Waals surface area contributed by atoms with E-state index in [-0.39, 0.29) is 0 Å². The molecule has 2 N–H and O–H groups in total. The lowest BCUT2D eigenvalue weighted by molar-refractivity contribution is -0.145. The summed E-state index contributed by atoms with van der Waals surface area (Å²) in [6.45, 7) is 4.38. The van der Waals surface area contributed by atoms with Gasteiger partial charge in [0, 0.05) is 6.04 Å². The smallest absolute Gasteiger partial charge is 0.328 e. The maximum atomic E-state index is 12.0. The van der Waals surface area contributed by atoms with Gasteiger partial charge in [-0.1, -0.05) is 44.2 Å². The zero-order valence-corrected chi connectivity index (χ0v) is 13.7. The second kappa shape index (κ2) is 7.32. The molecule has 0 spiro atoms. The van der Waals surface area contributed by atoms with Crippen molar-refractivity contribution in [3.8, 4) is 0 Å². The first-order valence-electron chi connectivity index (χ1n) is 7.69. The van der Waals surface area contributed by atoms with Crippen molar-refractivity contribution in [2.24, 2.45) is 5.92 Å². The number of aliphatic carboxylic acids is 1. The number of nitrogens with one attached hydrogen (secondary N) is 1. The summed E-state index contributed by atoms with van der Waals surface area (Å²) in [5, 5.41) is 13.3. The molecule has 1 aromatic carbocycles. The Morgan fingerprint density at radius 3 is 2.57 bits per heavy atom. The molecule has 3 nitrogen and oxygen atoms in total. The van der Waals surface area contributed by atoms with Crippen LogP contribution in [0.25, 0.3) is 0 Å². The molecule has 1 saturated carbocycles. The third-order valence-electron chi connectivity index (χ3n) is 3.73. The van der Waals surface area contributed by atoms with Gasteiger partial charge in [-0.15, -0.1) is 0 Å². The standard InChI is InChI=1S/C17H25NO2S/c1-13(2)12-21-11-10-17(16(19)20,18-15-8-9-15)14-6-4-3-5-7-14/h3-7,13,15,18H,8-12H2,1-2H3,(H,19,20). The molecule has 0 saturated heterocycles. The van der Waals surface area contributed by atoms with Crippen LogP contribution >= 0.6 is 11.8 Å². The summed E-state index contributed by atoms with van der Waals surface area (Å²) in [6, 6.07) is 9.98. The normalized spacial score (nSPS) is 17.7. The Morgan fingerprint density at radius 2 is 2.05 bits per heavy atom. The van der Waals surface area contributed by atoms with Crippen molar-refractivity contribution >= 4 is 17.7 Å². The highest BCUT2D eigenvalue weighted by Crippen LogP contribution is 2.33. The van der Waals surface area contributed by atoms with Crippen molar-refractivity contribution in [1.29, 1.82) is 0 Å². The Bertz CT molecular complexity index is 459. The van der Waals surface area contributed by atoms with E-state index in [1.165, 1.54) is 0 Å². The number of thioether (sulfide) groups is 1. The highest BCUT2D eigenvalue weighted by atomic mass is 32.2. The summed E-state index contributed by atoms with van der Waals surface area (Å²) in [5.74, 6) is 1.82. The molecule has 2 rings (SSSR count). The van der Waals surface area contributed by atoms with Gasteiger partial charge in [0.1, 0.15) is 5.54 Å². The summed E-state index contributed by atoms with van der Waals surface area (Å²) in [5.41, 5.74) is -0.0681. The number of hydrogen-bond donors (Lipinski definition) is 2. The molecular formula is C17H25NO2S. The van der Waals surface area contributed by atoms with Crippen molar-refractivity contribution < 1.29 is 9.90 Å². The van der Waals surface area contributed by atoms with Crippen LogP contribution in [0.1, 0.15) is 38.7 Å². The molecule has 0 radical (unpaired) electrons. The van der Waals surface area contributed by atoms with E-state index < -0.39 is 11.5 Å². The van der Waals surface area contributed by atoms with E-state index in [0.29, 0.717) is 18.4 Å².